The summed E-state index contributed by atoms with van der Waals surface area (Å²) in [6.07, 6.45) is 5.65. The second-order valence-corrected chi connectivity index (χ2v) is 4.63. The average molecular weight is 182 g/mol. The monoisotopic (exact) mass is 182 g/mol. The van der Waals surface area contributed by atoms with Gasteiger partial charge in [0, 0.05) is 12.6 Å². The van der Waals surface area contributed by atoms with Crippen molar-refractivity contribution in [1.29, 1.82) is 0 Å². The summed E-state index contributed by atoms with van der Waals surface area (Å²) < 4.78 is 0. The van der Waals surface area contributed by atoms with E-state index >= 15 is 0 Å². The second kappa shape index (κ2) is 4.43. The van der Waals surface area contributed by atoms with Crippen LogP contribution in [0.25, 0.3) is 0 Å². The Labute approximate surface area is 81.7 Å². The van der Waals surface area contributed by atoms with Gasteiger partial charge in [-0.3, -0.25) is 4.90 Å². The van der Waals surface area contributed by atoms with Crippen LogP contribution >= 0.6 is 0 Å². The Kier molecular flexibility index (Phi) is 3.23. The molecular formula is C11H22N2. The Bertz CT molecular complexity index is 152. The van der Waals surface area contributed by atoms with Gasteiger partial charge in [-0.25, -0.2) is 0 Å². The molecule has 0 amide bonds. The number of hydrogen-bond acceptors (Lipinski definition) is 2. The van der Waals surface area contributed by atoms with Gasteiger partial charge in [-0.1, -0.05) is 13.3 Å². The highest BCUT2D eigenvalue weighted by Gasteiger charge is 2.27. The quantitative estimate of drug-likeness (QED) is 0.660. The van der Waals surface area contributed by atoms with Crippen LogP contribution < -0.4 is 5.32 Å². The lowest BCUT2D eigenvalue weighted by Crippen LogP contribution is -2.51. The summed E-state index contributed by atoms with van der Waals surface area (Å²) in [5, 5.41) is 3.52. The number of nitrogens with zero attached hydrogens (tertiary/aromatic N) is 1. The molecule has 2 fully saturated rings. The van der Waals surface area contributed by atoms with Crippen molar-refractivity contribution in [3.63, 3.8) is 0 Å². The predicted molar refractivity (Wildman–Crippen MR) is 55.9 cm³/mol. The van der Waals surface area contributed by atoms with E-state index in [1.165, 1.54) is 51.9 Å². The van der Waals surface area contributed by atoms with Gasteiger partial charge < -0.3 is 5.32 Å². The molecule has 0 saturated carbocycles. The number of nitrogens with one attached hydrogen (secondary N) is 1. The van der Waals surface area contributed by atoms with Crippen LogP contribution in [0.2, 0.25) is 0 Å². The highest BCUT2D eigenvalue weighted by molar-refractivity contribution is 4.84. The van der Waals surface area contributed by atoms with E-state index in [1.54, 1.807) is 0 Å². The Morgan fingerprint density at radius 1 is 1.15 bits per heavy atom. The first-order chi connectivity index (χ1) is 6.38. The predicted octanol–water partition coefficient (Wildman–Crippen LogP) is 1.47. The lowest BCUT2D eigenvalue weighted by molar-refractivity contribution is 0.102. The van der Waals surface area contributed by atoms with Crippen molar-refractivity contribution >= 4 is 0 Å². The first-order valence-electron chi connectivity index (χ1n) is 5.82. The summed E-state index contributed by atoms with van der Waals surface area (Å²) in [7, 11) is 0. The van der Waals surface area contributed by atoms with Crippen LogP contribution in [0.15, 0.2) is 0 Å². The maximum Gasteiger partial charge on any atom is 0.0246 e. The molecule has 0 aromatic rings. The molecule has 0 radical (unpaired) electrons. The van der Waals surface area contributed by atoms with Crippen LogP contribution in [0.3, 0.4) is 0 Å². The Morgan fingerprint density at radius 3 is 2.62 bits per heavy atom. The SMILES string of the molecule is CC1CCNCC1N1CCCCC1. The maximum absolute atomic E-state index is 3.52. The van der Waals surface area contributed by atoms with E-state index in [1.807, 2.05) is 0 Å². The topological polar surface area (TPSA) is 15.3 Å². The van der Waals surface area contributed by atoms with Gasteiger partial charge in [-0.15, -0.1) is 0 Å². The molecule has 2 heteroatoms. The van der Waals surface area contributed by atoms with E-state index < -0.39 is 0 Å². The second-order valence-electron chi connectivity index (χ2n) is 4.63. The van der Waals surface area contributed by atoms with Crippen LogP contribution in [0.1, 0.15) is 32.6 Å². The van der Waals surface area contributed by atoms with Crippen molar-refractivity contribution in [2.75, 3.05) is 26.2 Å². The standard InChI is InChI=1S/C11H22N2/c1-10-5-6-12-9-11(10)13-7-3-2-4-8-13/h10-12H,2-9H2,1H3. The van der Waals surface area contributed by atoms with E-state index in [-0.39, 0.29) is 0 Å². The van der Waals surface area contributed by atoms with Crippen molar-refractivity contribution in [2.45, 2.75) is 38.6 Å². The van der Waals surface area contributed by atoms with Crippen molar-refractivity contribution < 1.29 is 0 Å². The molecule has 0 aliphatic carbocycles. The third-order valence-corrected chi connectivity index (χ3v) is 3.65. The molecule has 2 aliphatic rings. The first-order valence-corrected chi connectivity index (χ1v) is 5.82. The summed E-state index contributed by atoms with van der Waals surface area (Å²) in [6, 6.07) is 0.828. The molecule has 0 spiro atoms. The summed E-state index contributed by atoms with van der Waals surface area (Å²) >= 11 is 0. The number of rotatable bonds is 1. The molecule has 13 heavy (non-hydrogen) atoms. The number of piperidine rings is 2. The third-order valence-electron chi connectivity index (χ3n) is 3.65. The van der Waals surface area contributed by atoms with Crippen molar-refractivity contribution in [2.24, 2.45) is 5.92 Å². The fourth-order valence-electron chi connectivity index (χ4n) is 2.71. The Balaban J connectivity index is 1.88. The molecule has 2 nitrogen and oxygen atoms in total. The minimum absolute atomic E-state index is 0.828. The van der Waals surface area contributed by atoms with Gasteiger partial charge in [0.2, 0.25) is 0 Å². The first kappa shape index (κ1) is 9.47. The molecule has 2 aliphatic heterocycles. The van der Waals surface area contributed by atoms with Gasteiger partial charge in [0.15, 0.2) is 0 Å². The maximum atomic E-state index is 3.52. The molecule has 2 heterocycles. The Hall–Kier alpha value is -0.0800. The van der Waals surface area contributed by atoms with E-state index in [9.17, 15) is 0 Å². The zero-order valence-electron chi connectivity index (χ0n) is 8.76. The zero-order valence-corrected chi connectivity index (χ0v) is 8.76. The molecule has 0 bridgehead atoms. The van der Waals surface area contributed by atoms with E-state index in [0.717, 1.165) is 12.0 Å². The molecule has 1 N–H and O–H groups in total. The summed E-state index contributed by atoms with van der Waals surface area (Å²) in [5.74, 6) is 0.902. The molecular weight excluding hydrogens is 160 g/mol. The van der Waals surface area contributed by atoms with Gasteiger partial charge in [-0.2, -0.15) is 0 Å². The van der Waals surface area contributed by atoms with Crippen LogP contribution in [0.5, 0.6) is 0 Å². The number of hydrogen-bond donors (Lipinski definition) is 1. The van der Waals surface area contributed by atoms with Crippen LogP contribution in [0, 0.1) is 5.92 Å². The highest BCUT2D eigenvalue weighted by atomic mass is 15.2. The lowest BCUT2D eigenvalue weighted by Gasteiger charge is -2.40. The van der Waals surface area contributed by atoms with Gasteiger partial charge in [0.05, 0.1) is 0 Å². The molecule has 2 saturated heterocycles. The minimum atomic E-state index is 0.828. The molecule has 2 unspecified atom stereocenters. The molecule has 2 atom stereocenters. The van der Waals surface area contributed by atoms with E-state index in [0.29, 0.717) is 0 Å². The molecule has 0 aromatic carbocycles. The molecule has 76 valence electrons. The average Bonchev–Trinajstić information content (AvgIpc) is 2.20. The summed E-state index contributed by atoms with van der Waals surface area (Å²) in [4.78, 5) is 2.71. The molecule has 2 rings (SSSR count). The zero-order chi connectivity index (χ0) is 9.10. The fourth-order valence-corrected chi connectivity index (χ4v) is 2.71. The van der Waals surface area contributed by atoms with Gasteiger partial charge in [0.25, 0.3) is 0 Å². The van der Waals surface area contributed by atoms with Gasteiger partial charge >= 0.3 is 0 Å². The van der Waals surface area contributed by atoms with Gasteiger partial charge in [0.1, 0.15) is 0 Å². The largest absolute Gasteiger partial charge is 0.315 e. The summed E-state index contributed by atoms with van der Waals surface area (Å²) in [5.41, 5.74) is 0. The van der Waals surface area contributed by atoms with E-state index in [2.05, 4.69) is 17.1 Å². The fraction of sp³-hybridized carbons (Fsp3) is 1.00. The van der Waals surface area contributed by atoms with Crippen LogP contribution in [-0.2, 0) is 0 Å². The molecule has 0 aromatic heterocycles. The lowest BCUT2D eigenvalue weighted by atomic mass is 9.92. The van der Waals surface area contributed by atoms with Crippen LogP contribution in [-0.4, -0.2) is 37.1 Å². The normalized spacial score (nSPS) is 37.6. The van der Waals surface area contributed by atoms with Crippen molar-refractivity contribution in [1.82, 2.24) is 10.2 Å². The number of likely N-dealkylation sites (tertiary alicyclic amines) is 1. The minimum Gasteiger partial charge on any atom is -0.315 e. The summed E-state index contributed by atoms with van der Waals surface area (Å²) in [6.45, 7) is 7.56. The highest BCUT2D eigenvalue weighted by Crippen LogP contribution is 2.21. The Morgan fingerprint density at radius 2 is 1.92 bits per heavy atom. The van der Waals surface area contributed by atoms with E-state index in [4.69, 9.17) is 0 Å². The van der Waals surface area contributed by atoms with Crippen molar-refractivity contribution in [3.05, 3.63) is 0 Å². The third kappa shape index (κ3) is 2.23. The van der Waals surface area contributed by atoms with Crippen LogP contribution in [0.4, 0.5) is 0 Å². The smallest absolute Gasteiger partial charge is 0.0246 e. The van der Waals surface area contributed by atoms with Gasteiger partial charge in [-0.05, 0) is 44.8 Å². The van der Waals surface area contributed by atoms with Crippen molar-refractivity contribution in [3.8, 4) is 0 Å².